The SMILES string of the molecule is CC(Cc1ccccc1)NCCOc1ccccc1. The largest absolute Gasteiger partial charge is 0.492 e. The Bertz CT molecular complexity index is 455. The van der Waals surface area contributed by atoms with Gasteiger partial charge in [0.15, 0.2) is 0 Å². The summed E-state index contributed by atoms with van der Waals surface area (Å²) < 4.78 is 5.64. The van der Waals surface area contributed by atoms with Gasteiger partial charge in [-0.15, -0.1) is 0 Å². The average Bonchev–Trinajstić information content (AvgIpc) is 2.46. The number of nitrogens with one attached hydrogen (secondary N) is 1. The van der Waals surface area contributed by atoms with Gasteiger partial charge in [0.25, 0.3) is 0 Å². The number of hydrogen-bond donors (Lipinski definition) is 1. The van der Waals surface area contributed by atoms with Gasteiger partial charge in [-0.25, -0.2) is 0 Å². The molecule has 0 saturated carbocycles. The molecule has 100 valence electrons. The maximum absolute atomic E-state index is 5.64. The fraction of sp³-hybridized carbons (Fsp3) is 0.294. The zero-order valence-corrected chi connectivity index (χ0v) is 11.4. The molecule has 0 aliphatic heterocycles. The summed E-state index contributed by atoms with van der Waals surface area (Å²) in [6.07, 6.45) is 1.05. The zero-order valence-electron chi connectivity index (χ0n) is 11.4. The lowest BCUT2D eigenvalue weighted by atomic mass is 10.1. The maximum Gasteiger partial charge on any atom is 0.119 e. The van der Waals surface area contributed by atoms with E-state index < -0.39 is 0 Å². The fourth-order valence-electron chi connectivity index (χ4n) is 2.03. The highest BCUT2D eigenvalue weighted by atomic mass is 16.5. The summed E-state index contributed by atoms with van der Waals surface area (Å²) in [5.74, 6) is 0.931. The van der Waals surface area contributed by atoms with Crippen LogP contribution in [0, 0.1) is 0 Å². The molecule has 2 heteroatoms. The van der Waals surface area contributed by atoms with Gasteiger partial charge in [0.05, 0.1) is 0 Å². The molecule has 2 aromatic carbocycles. The van der Waals surface area contributed by atoms with E-state index in [0.717, 1.165) is 18.7 Å². The van der Waals surface area contributed by atoms with Gasteiger partial charge in [-0.05, 0) is 31.0 Å². The molecule has 0 heterocycles. The van der Waals surface area contributed by atoms with Crippen LogP contribution in [0.3, 0.4) is 0 Å². The smallest absolute Gasteiger partial charge is 0.119 e. The van der Waals surface area contributed by atoms with Crippen molar-refractivity contribution in [3.05, 3.63) is 66.2 Å². The van der Waals surface area contributed by atoms with Crippen LogP contribution < -0.4 is 10.1 Å². The summed E-state index contributed by atoms with van der Waals surface area (Å²) in [7, 11) is 0. The Kier molecular flexibility index (Phi) is 5.45. The lowest BCUT2D eigenvalue weighted by Crippen LogP contribution is -2.31. The average molecular weight is 255 g/mol. The summed E-state index contributed by atoms with van der Waals surface area (Å²) >= 11 is 0. The molecule has 2 rings (SSSR count). The quantitative estimate of drug-likeness (QED) is 0.767. The second-order valence-electron chi connectivity index (χ2n) is 4.71. The first-order valence-electron chi connectivity index (χ1n) is 6.80. The molecule has 0 fully saturated rings. The van der Waals surface area contributed by atoms with E-state index in [1.807, 2.05) is 30.3 Å². The molecule has 0 bridgehead atoms. The molecular weight excluding hydrogens is 234 g/mol. The Morgan fingerprint density at radius 1 is 0.947 bits per heavy atom. The zero-order chi connectivity index (χ0) is 13.3. The number of hydrogen-bond acceptors (Lipinski definition) is 2. The van der Waals surface area contributed by atoms with Crippen LogP contribution in [0.5, 0.6) is 5.75 Å². The first kappa shape index (κ1) is 13.6. The standard InChI is InChI=1S/C17H21NO/c1-15(14-16-8-4-2-5-9-16)18-12-13-19-17-10-6-3-7-11-17/h2-11,15,18H,12-14H2,1H3. The molecule has 1 unspecified atom stereocenters. The van der Waals surface area contributed by atoms with Crippen LogP contribution in [0.2, 0.25) is 0 Å². The Labute approximate surface area is 115 Å². The van der Waals surface area contributed by atoms with Gasteiger partial charge < -0.3 is 10.1 Å². The normalized spacial score (nSPS) is 12.1. The summed E-state index contributed by atoms with van der Waals surface area (Å²) in [4.78, 5) is 0. The van der Waals surface area contributed by atoms with Crippen molar-refractivity contribution >= 4 is 0 Å². The molecule has 0 aromatic heterocycles. The maximum atomic E-state index is 5.64. The molecule has 1 atom stereocenters. The number of para-hydroxylation sites is 1. The highest BCUT2D eigenvalue weighted by Crippen LogP contribution is 2.07. The minimum Gasteiger partial charge on any atom is -0.492 e. The van der Waals surface area contributed by atoms with Crippen LogP contribution in [0.25, 0.3) is 0 Å². The van der Waals surface area contributed by atoms with Gasteiger partial charge in [0.1, 0.15) is 12.4 Å². The monoisotopic (exact) mass is 255 g/mol. The van der Waals surface area contributed by atoms with Crippen molar-refractivity contribution < 1.29 is 4.74 Å². The van der Waals surface area contributed by atoms with Crippen molar-refractivity contribution in [3.8, 4) is 5.75 Å². The molecule has 2 aromatic rings. The minimum atomic E-state index is 0.460. The van der Waals surface area contributed by atoms with Crippen molar-refractivity contribution in [1.82, 2.24) is 5.32 Å². The highest BCUT2D eigenvalue weighted by molar-refractivity contribution is 5.20. The van der Waals surface area contributed by atoms with Crippen LogP contribution in [0.15, 0.2) is 60.7 Å². The Hall–Kier alpha value is -1.80. The third-order valence-electron chi connectivity index (χ3n) is 2.99. The second kappa shape index (κ2) is 7.59. The molecule has 0 saturated heterocycles. The first-order chi connectivity index (χ1) is 9.34. The number of benzene rings is 2. The first-order valence-corrected chi connectivity index (χ1v) is 6.80. The van der Waals surface area contributed by atoms with Crippen LogP contribution in [-0.2, 0) is 6.42 Å². The van der Waals surface area contributed by atoms with E-state index in [1.165, 1.54) is 5.56 Å². The van der Waals surface area contributed by atoms with Crippen molar-refractivity contribution in [1.29, 1.82) is 0 Å². The van der Waals surface area contributed by atoms with E-state index in [4.69, 9.17) is 4.74 Å². The number of rotatable bonds is 7. The predicted molar refractivity (Wildman–Crippen MR) is 79.5 cm³/mol. The van der Waals surface area contributed by atoms with E-state index in [1.54, 1.807) is 0 Å². The summed E-state index contributed by atoms with van der Waals surface area (Å²) in [5, 5.41) is 3.48. The lowest BCUT2D eigenvalue weighted by molar-refractivity contribution is 0.306. The molecule has 19 heavy (non-hydrogen) atoms. The molecule has 1 N–H and O–H groups in total. The van der Waals surface area contributed by atoms with E-state index in [9.17, 15) is 0 Å². The van der Waals surface area contributed by atoms with E-state index in [0.29, 0.717) is 12.6 Å². The van der Waals surface area contributed by atoms with E-state index in [2.05, 4.69) is 42.6 Å². The van der Waals surface area contributed by atoms with Crippen molar-refractivity contribution in [2.75, 3.05) is 13.2 Å². The van der Waals surface area contributed by atoms with Gasteiger partial charge in [0, 0.05) is 12.6 Å². The highest BCUT2D eigenvalue weighted by Gasteiger charge is 2.02. The predicted octanol–water partition coefficient (Wildman–Crippen LogP) is 3.29. The summed E-state index contributed by atoms with van der Waals surface area (Å²) in [5.41, 5.74) is 1.37. The van der Waals surface area contributed by atoms with Crippen LogP contribution >= 0.6 is 0 Å². The van der Waals surface area contributed by atoms with E-state index in [-0.39, 0.29) is 0 Å². The van der Waals surface area contributed by atoms with Crippen LogP contribution in [0.4, 0.5) is 0 Å². The molecule has 0 spiro atoms. The van der Waals surface area contributed by atoms with Gasteiger partial charge in [-0.2, -0.15) is 0 Å². The Balaban J connectivity index is 1.63. The molecule has 2 nitrogen and oxygen atoms in total. The Morgan fingerprint density at radius 3 is 2.26 bits per heavy atom. The third-order valence-corrected chi connectivity index (χ3v) is 2.99. The summed E-state index contributed by atoms with van der Waals surface area (Å²) in [6, 6.07) is 20.9. The fourth-order valence-corrected chi connectivity index (χ4v) is 2.03. The molecule has 0 amide bonds. The molecule has 0 radical (unpaired) electrons. The second-order valence-corrected chi connectivity index (χ2v) is 4.71. The minimum absolute atomic E-state index is 0.460. The van der Waals surface area contributed by atoms with Gasteiger partial charge in [-0.3, -0.25) is 0 Å². The van der Waals surface area contributed by atoms with Crippen LogP contribution in [-0.4, -0.2) is 19.2 Å². The number of ether oxygens (including phenoxy) is 1. The molecular formula is C17H21NO. The van der Waals surface area contributed by atoms with E-state index >= 15 is 0 Å². The van der Waals surface area contributed by atoms with Gasteiger partial charge >= 0.3 is 0 Å². The summed E-state index contributed by atoms with van der Waals surface area (Å²) in [6.45, 7) is 3.77. The van der Waals surface area contributed by atoms with Gasteiger partial charge in [0.2, 0.25) is 0 Å². The lowest BCUT2D eigenvalue weighted by Gasteiger charge is -2.14. The Morgan fingerprint density at radius 2 is 1.58 bits per heavy atom. The third kappa shape index (κ3) is 5.14. The molecule has 0 aliphatic rings. The van der Waals surface area contributed by atoms with Gasteiger partial charge in [-0.1, -0.05) is 48.5 Å². The van der Waals surface area contributed by atoms with Crippen molar-refractivity contribution in [3.63, 3.8) is 0 Å². The molecule has 0 aliphatic carbocycles. The van der Waals surface area contributed by atoms with Crippen LogP contribution in [0.1, 0.15) is 12.5 Å². The van der Waals surface area contributed by atoms with Crippen molar-refractivity contribution in [2.24, 2.45) is 0 Å². The van der Waals surface area contributed by atoms with Crippen molar-refractivity contribution in [2.45, 2.75) is 19.4 Å². The topological polar surface area (TPSA) is 21.3 Å².